The van der Waals surface area contributed by atoms with Gasteiger partial charge in [-0.3, -0.25) is 10.0 Å². The van der Waals surface area contributed by atoms with Crippen LogP contribution in [0.2, 0.25) is 5.02 Å². The number of hydrogen-bond donors (Lipinski definition) is 2. The third-order valence-electron chi connectivity index (χ3n) is 5.61. The van der Waals surface area contributed by atoms with Crippen LogP contribution in [-0.2, 0) is 21.2 Å². The quantitative estimate of drug-likeness (QED) is 0.458. The fraction of sp³-hybridized carbons (Fsp3) is 0.381. The van der Waals surface area contributed by atoms with E-state index >= 15 is 0 Å². The Bertz CT molecular complexity index is 1090. The number of halogens is 4. The van der Waals surface area contributed by atoms with Crippen LogP contribution in [0.1, 0.15) is 29.9 Å². The van der Waals surface area contributed by atoms with Crippen LogP contribution in [0, 0.1) is 23.4 Å². The molecule has 2 aromatic rings. The number of rotatable bonds is 7. The van der Waals surface area contributed by atoms with E-state index in [2.05, 4.69) is 0 Å². The molecule has 0 saturated carbocycles. The Morgan fingerprint density at radius 3 is 2.41 bits per heavy atom. The summed E-state index contributed by atoms with van der Waals surface area (Å²) in [6.45, 7) is 0.360. The van der Waals surface area contributed by atoms with Gasteiger partial charge in [0.15, 0.2) is 11.6 Å². The van der Waals surface area contributed by atoms with Gasteiger partial charge in [-0.2, -0.15) is 0 Å². The number of piperidine rings is 1. The van der Waals surface area contributed by atoms with E-state index in [4.69, 9.17) is 16.8 Å². The highest BCUT2D eigenvalue weighted by Gasteiger charge is 2.33. The summed E-state index contributed by atoms with van der Waals surface area (Å²) in [6.07, 6.45) is 0.722. The molecule has 6 nitrogen and oxygen atoms in total. The van der Waals surface area contributed by atoms with E-state index in [1.54, 1.807) is 6.07 Å². The molecule has 32 heavy (non-hydrogen) atoms. The van der Waals surface area contributed by atoms with E-state index in [9.17, 15) is 26.4 Å². The second kappa shape index (κ2) is 10.2. The van der Waals surface area contributed by atoms with Crippen LogP contribution in [-0.4, -0.2) is 42.7 Å². The van der Waals surface area contributed by atoms with Gasteiger partial charge in [0.05, 0.1) is 11.7 Å². The number of sulfonamides is 1. The van der Waals surface area contributed by atoms with Crippen molar-refractivity contribution in [2.24, 2.45) is 5.92 Å². The van der Waals surface area contributed by atoms with Crippen LogP contribution >= 0.6 is 11.6 Å². The predicted molar refractivity (Wildman–Crippen MR) is 112 cm³/mol. The van der Waals surface area contributed by atoms with E-state index < -0.39 is 45.1 Å². The highest BCUT2D eigenvalue weighted by molar-refractivity contribution is 7.89. The Kier molecular flexibility index (Phi) is 7.81. The SMILES string of the molecule is O=C(NO)[C@@H](Cc1ccc(F)c(F)c1)CS(=O)(=O)N1CCC(c2ccc(F)cc2Cl)CC1. The summed E-state index contributed by atoms with van der Waals surface area (Å²) in [6, 6.07) is 7.14. The van der Waals surface area contributed by atoms with Crippen molar-refractivity contribution in [2.45, 2.75) is 25.2 Å². The molecule has 1 aliphatic rings. The summed E-state index contributed by atoms with van der Waals surface area (Å²) in [5.41, 5.74) is 2.41. The summed E-state index contributed by atoms with van der Waals surface area (Å²) in [7, 11) is -3.90. The number of nitrogens with one attached hydrogen (secondary N) is 1. The Balaban J connectivity index is 1.68. The maximum absolute atomic E-state index is 13.5. The van der Waals surface area contributed by atoms with Crippen molar-refractivity contribution >= 4 is 27.5 Å². The molecule has 0 unspecified atom stereocenters. The molecule has 11 heteroatoms. The number of hydroxylamine groups is 1. The van der Waals surface area contributed by atoms with Gasteiger partial charge in [-0.15, -0.1) is 0 Å². The molecule has 2 N–H and O–H groups in total. The minimum atomic E-state index is -3.90. The van der Waals surface area contributed by atoms with Crippen molar-refractivity contribution < 1.29 is 31.6 Å². The molecule has 2 aromatic carbocycles. The van der Waals surface area contributed by atoms with Gasteiger partial charge in [-0.25, -0.2) is 31.4 Å². The van der Waals surface area contributed by atoms with E-state index in [1.807, 2.05) is 0 Å². The van der Waals surface area contributed by atoms with Crippen molar-refractivity contribution in [2.75, 3.05) is 18.8 Å². The molecule has 0 radical (unpaired) electrons. The Morgan fingerprint density at radius 1 is 1.12 bits per heavy atom. The number of amides is 1. The van der Waals surface area contributed by atoms with Gasteiger partial charge in [-0.1, -0.05) is 23.7 Å². The largest absolute Gasteiger partial charge is 0.289 e. The molecule has 1 fully saturated rings. The molecule has 1 saturated heterocycles. The molecule has 0 bridgehead atoms. The minimum absolute atomic E-state index is 0.0340. The van der Waals surface area contributed by atoms with Crippen molar-refractivity contribution in [3.63, 3.8) is 0 Å². The van der Waals surface area contributed by atoms with Gasteiger partial charge >= 0.3 is 0 Å². The summed E-state index contributed by atoms with van der Waals surface area (Å²) >= 11 is 6.12. The van der Waals surface area contributed by atoms with Gasteiger partial charge in [0.2, 0.25) is 15.9 Å². The zero-order valence-corrected chi connectivity index (χ0v) is 18.5. The van der Waals surface area contributed by atoms with E-state index in [1.165, 1.54) is 28.0 Å². The topological polar surface area (TPSA) is 86.7 Å². The number of nitrogens with zero attached hydrogens (tertiary/aromatic N) is 1. The molecule has 0 spiro atoms. The molecule has 0 aromatic heterocycles. The van der Waals surface area contributed by atoms with E-state index in [0.29, 0.717) is 12.8 Å². The Labute approximate surface area is 189 Å². The molecule has 1 heterocycles. The third-order valence-corrected chi connectivity index (χ3v) is 7.91. The Morgan fingerprint density at radius 2 is 1.81 bits per heavy atom. The molecular weight excluding hydrogens is 469 g/mol. The number of hydrogen-bond acceptors (Lipinski definition) is 4. The monoisotopic (exact) mass is 490 g/mol. The summed E-state index contributed by atoms with van der Waals surface area (Å²) in [4.78, 5) is 12.1. The fourth-order valence-corrected chi connectivity index (χ4v) is 5.98. The zero-order chi connectivity index (χ0) is 23.5. The second-order valence-electron chi connectivity index (χ2n) is 7.74. The van der Waals surface area contributed by atoms with Gasteiger partial charge in [0.1, 0.15) is 5.82 Å². The normalized spacial score (nSPS) is 16.7. The molecular formula is C21H22ClF3N2O4S. The molecule has 1 amide bonds. The van der Waals surface area contributed by atoms with Crippen molar-refractivity contribution in [3.8, 4) is 0 Å². The van der Waals surface area contributed by atoms with Gasteiger partial charge in [0, 0.05) is 18.1 Å². The minimum Gasteiger partial charge on any atom is -0.289 e. The first-order valence-electron chi connectivity index (χ1n) is 9.91. The van der Waals surface area contributed by atoms with Gasteiger partial charge in [-0.05, 0) is 60.6 Å². The summed E-state index contributed by atoms with van der Waals surface area (Å²) < 4.78 is 67.0. The standard InChI is InChI=1S/C21H22ClF3N2O4S/c22-18-11-16(23)2-3-17(18)14-5-7-27(8-6-14)32(30,31)12-15(21(28)26-29)9-13-1-4-19(24)20(25)10-13/h1-4,10-11,14-15,29H,5-9,12H2,(H,26,28)/t15-/m0/s1. The van der Waals surface area contributed by atoms with Gasteiger partial charge in [0.25, 0.3) is 0 Å². The second-order valence-corrected chi connectivity index (χ2v) is 10.2. The van der Waals surface area contributed by atoms with Crippen molar-refractivity contribution in [1.29, 1.82) is 0 Å². The lowest BCUT2D eigenvalue weighted by atomic mass is 9.90. The summed E-state index contributed by atoms with van der Waals surface area (Å²) in [5, 5.41) is 9.30. The molecule has 1 atom stereocenters. The average molecular weight is 491 g/mol. The van der Waals surface area contributed by atoms with Crippen LogP contribution in [0.15, 0.2) is 36.4 Å². The van der Waals surface area contributed by atoms with Crippen LogP contribution < -0.4 is 5.48 Å². The maximum atomic E-state index is 13.5. The first-order chi connectivity index (χ1) is 15.1. The molecule has 1 aliphatic heterocycles. The highest BCUT2D eigenvalue weighted by Crippen LogP contribution is 2.34. The first-order valence-corrected chi connectivity index (χ1v) is 11.9. The number of carbonyl (C=O) groups is 1. The molecule has 3 rings (SSSR count). The molecule has 174 valence electrons. The molecule has 0 aliphatic carbocycles. The maximum Gasteiger partial charge on any atom is 0.247 e. The lowest BCUT2D eigenvalue weighted by molar-refractivity contribution is -0.132. The van der Waals surface area contributed by atoms with Crippen molar-refractivity contribution in [3.05, 3.63) is 70.0 Å². The van der Waals surface area contributed by atoms with Crippen LogP contribution in [0.25, 0.3) is 0 Å². The smallest absolute Gasteiger partial charge is 0.247 e. The lowest BCUT2D eigenvalue weighted by Gasteiger charge is -2.32. The Hall–Kier alpha value is -2.14. The van der Waals surface area contributed by atoms with Crippen LogP contribution in [0.4, 0.5) is 13.2 Å². The van der Waals surface area contributed by atoms with E-state index in [-0.39, 0.29) is 36.0 Å². The summed E-state index contributed by atoms with van der Waals surface area (Å²) in [5.74, 6) is -5.42. The van der Waals surface area contributed by atoms with Crippen LogP contribution in [0.3, 0.4) is 0 Å². The van der Waals surface area contributed by atoms with Crippen molar-refractivity contribution in [1.82, 2.24) is 9.79 Å². The lowest BCUT2D eigenvalue weighted by Crippen LogP contribution is -2.43. The zero-order valence-electron chi connectivity index (χ0n) is 16.9. The first kappa shape index (κ1) is 24.5. The fourth-order valence-electron chi connectivity index (χ4n) is 3.91. The third kappa shape index (κ3) is 5.80. The van der Waals surface area contributed by atoms with Gasteiger partial charge < -0.3 is 0 Å². The number of benzene rings is 2. The highest BCUT2D eigenvalue weighted by atomic mass is 35.5. The number of carbonyl (C=O) groups excluding carboxylic acids is 1. The van der Waals surface area contributed by atoms with Crippen LogP contribution in [0.5, 0.6) is 0 Å². The average Bonchev–Trinajstić information content (AvgIpc) is 2.75. The predicted octanol–water partition coefficient (Wildman–Crippen LogP) is 3.63. The van der Waals surface area contributed by atoms with E-state index in [0.717, 1.165) is 17.7 Å².